The number of anilines is 2. The number of nitrogens with one attached hydrogen (secondary N) is 3. The van der Waals surface area contributed by atoms with E-state index in [4.69, 9.17) is 4.74 Å². The molecule has 1 amide bonds. The number of alkyl halides is 4. The van der Waals surface area contributed by atoms with E-state index >= 15 is 0 Å². The van der Waals surface area contributed by atoms with Crippen LogP contribution in [0.1, 0.15) is 44.0 Å². The summed E-state index contributed by atoms with van der Waals surface area (Å²) >= 11 is 0. The highest BCUT2D eigenvalue weighted by Crippen LogP contribution is 2.38. The summed E-state index contributed by atoms with van der Waals surface area (Å²) in [6.45, 7) is 3.54. The minimum atomic E-state index is -4.59. The molecule has 0 aromatic carbocycles. The van der Waals surface area contributed by atoms with Crippen LogP contribution in [0.25, 0.3) is 5.65 Å². The van der Waals surface area contributed by atoms with E-state index in [9.17, 15) is 22.4 Å². The molecule has 0 spiro atoms. The van der Waals surface area contributed by atoms with Crippen molar-refractivity contribution < 1.29 is 27.1 Å². The highest BCUT2D eigenvalue weighted by Gasteiger charge is 2.41. The van der Waals surface area contributed by atoms with Crippen LogP contribution in [0, 0.1) is 0 Å². The van der Waals surface area contributed by atoms with Crippen LogP contribution >= 0.6 is 0 Å². The number of ether oxygens (including phenoxy) is 1. The van der Waals surface area contributed by atoms with Gasteiger partial charge < -0.3 is 15.4 Å². The summed E-state index contributed by atoms with van der Waals surface area (Å²) in [4.78, 5) is 19.3. The van der Waals surface area contributed by atoms with Crippen molar-refractivity contribution in [3.8, 4) is 0 Å². The third-order valence-corrected chi connectivity index (χ3v) is 5.08. The Morgan fingerprint density at radius 3 is 2.84 bits per heavy atom. The van der Waals surface area contributed by atoms with Crippen LogP contribution < -0.4 is 10.6 Å². The monoisotopic (exact) mass is 455 g/mol. The van der Waals surface area contributed by atoms with E-state index < -0.39 is 36.2 Å². The highest BCUT2D eigenvalue weighted by molar-refractivity contribution is 5.67. The molecule has 9 nitrogen and oxygen atoms in total. The van der Waals surface area contributed by atoms with Crippen LogP contribution in [-0.4, -0.2) is 49.0 Å². The maximum Gasteiger partial charge on any atom is 0.434 e. The fraction of sp³-hybridized carbons (Fsp3) is 0.474. The summed E-state index contributed by atoms with van der Waals surface area (Å²) in [6, 6.07) is 2.77. The first kappa shape index (κ1) is 21.8. The minimum Gasteiger partial charge on any atom is -0.443 e. The van der Waals surface area contributed by atoms with Crippen molar-refractivity contribution in [3.63, 3.8) is 0 Å². The molecular weight excluding hydrogens is 434 g/mol. The molecule has 4 rings (SSSR count). The van der Waals surface area contributed by atoms with Gasteiger partial charge in [-0.3, -0.25) is 9.50 Å². The molecule has 3 aromatic rings. The fourth-order valence-electron chi connectivity index (χ4n) is 3.63. The number of amides is 1. The molecular formula is C19H21F4N7O2. The number of fused-ring (bicyclic) bond motifs is 1. The molecule has 3 N–H and O–H groups in total. The second-order valence-electron chi connectivity index (χ2n) is 7.83. The number of rotatable bonds is 5. The third-order valence-electron chi connectivity index (χ3n) is 5.08. The Balaban J connectivity index is 1.47. The van der Waals surface area contributed by atoms with Crippen molar-refractivity contribution in [3.05, 3.63) is 35.9 Å². The molecule has 3 heterocycles. The van der Waals surface area contributed by atoms with Gasteiger partial charge in [-0.05, 0) is 32.8 Å². The molecule has 1 saturated carbocycles. The second kappa shape index (κ2) is 8.28. The Morgan fingerprint density at radius 1 is 1.34 bits per heavy atom. The van der Waals surface area contributed by atoms with Crippen molar-refractivity contribution in [2.75, 3.05) is 5.32 Å². The predicted octanol–water partition coefficient (Wildman–Crippen LogP) is 3.93. The number of aromatic amines is 1. The number of halogens is 4. The zero-order valence-electron chi connectivity index (χ0n) is 17.2. The van der Waals surface area contributed by atoms with E-state index in [-0.39, 0.29) is 23.5 Å². The average molecular weight is 455 g/mol. The highest BCUT2D eigenvalue weighted by atomic mass is 19.4. The standard InChI is InChI=1S/C19H21F4N7O2/c1-9(2)25-18(31)32-12-4-3-10(16(12)20)11-7-14(29-28-11)27-17-24-6-5-15-26-13(8-30(15)17)19(21,22)23/h5-10,12,16H,3-4H2,1-2H3,(H,25,31)(H2,24,27,28,29)/t10-,12-,16+/m1/s1. The van der Waals surface area contributed by atoms with Crippen LogP contribution in [0.5, 0.6) is 0 Å². The quantitative estimate of drug-likeness (QED) is 0.503. The normalized spacial score (nSPS) is 21.3. The van der Waals surface area contributed by atoms with Gasteiger partial charge in [-0.2, -0.15) is 18.3 Å². The smallest absolute Gasteiger partial charge is 0.434 e. The first-order valence-electron chi connectivity index (χ1n) is 9.96. The third kappa shape index (κ3) is 4.46. The number of H-pyrrole nitrogens is 1. The van der Waals surface area contributed by atoms with E-state index in [1.165, 1.54) is 12.3 Å². The number of hydrogen-bond donors (Lipinski definition) is 3. The minimum absolute atomic E-state index is 0.0601. The Hall–Kier alpha value is -3.38. The number of alkyl carbamates (subject to hydrolysis) is 1. The molecule has 0 bridgehead atoms. The van der Waals surface area contributed by atoms with Gasteiger partial charge in [-0.1, -0.05) is 0 Å². The Morgan fingerprint density at radius 2 is 2.12 bits per heavy atom. The molecule has 0 unspecified atom stereocenters. The van der Waals surface area contributed by atoms with E-state index in [2.05, 4.69) is 30.8 Å². The maximum atomic E-state index is 14.9. The number of carbonyl (C=O) groups is 1. The number of nitrogens with zero attached hydrogens (tertiary/aromatic N) is 4. The SMILES string of the molecule is CC(C)NC(=O)O[C@@H]1CC[C@H](c2cc(Nc3nccc4nc(C(F)(F)F)cn34)n[nH]2)[C@@H]1F. The summed E-state index contributed by atoms with van der Waals surface area (Å²) in [5.74, 6) is -0.251. The van der Waals surface area contributed by atoms with Crippen molar-refractivity contribution in [2.45, 2.75) is 57.1 Å². The molecule has 0 radical (unpaired) electrons. The second-order valence-corrected chi connectivity index (χ2v) is 7.83. The molecule has 172 valence electrons. The van der Waals surface area contributed by atoms with Crippen molar-refractivity contribution >= 4 is 23.5 Å². The van der Waals surface area contributed by atoms with Gasteiger partial charge in [0.1, 0.15) is 17.9 Å². The lowest BCUT2D eigenvalue weighted by Gasteiger charge is -2.18. The molecule has 1 aliphatic rings. The molecule has 0 saturated heterocycles. The van der Waals surface area contributed by atoms with Gasteiger partial charge in [-0.15, -0.1) is 0 Å². The summed E-state index contributed by atoms with van der Waals surface area (Å²) in [5.41, 5.74) is -0.510. The molecule has 32 heavy (non-hydrogen) atoms. The Bertz CT molecular complexity index is 1110. The maximum absolute atomic E-state index is 14.9. The number of hydrogen-bond acceptors (Lipinski definition) is 6. The zero-order chi connectivity index (χ0) is 23.0. The van der Waals surface area contributed by atoms with Gasteiger partial charge in [-0.25, -0.2) is 19.2 Å². The molecule has 1 fully saturated rings. The average Bonchev–Trinajstić information content (AvgIpc) is 3.40. The summed E-state index contributed by atoms with van der Waals surface area (Å²) in [6.07, 6.45) is -4.62. The molecule has 3 aromatic heterocycles. The van der Waals surface area contributed by atoms with Crippen LogP contribution in [0.15, 0.2) is 24.5 Å². The number of imidazole rings is 1. The topological polar surface area (TPSA) is 109 Å². The van der Waals surface area contributed by atoms with Crippen LogP contribution in [0.3, 0.4) is 0 Å². The van der Waals surface area contributed by atoms with Gasteiger partial charge in [0.05, 0.1) is 0 Å². The zero-order valence-corrected chi connectivity index (χ0v) is 17.2. The van der Waals surface area contributed by atoms with Gasteiger partial charge in [0.15, 0.2) is 11.5 Å². The molecule has 13 heteroatoms. The predicted molar refractivity (Wildman–Crippen MR) is 105 cm³/mol. The lowest BCUT2D eigenvalue weighted by Crippen LogP contribution is -2.36. The van der Waals surface area contributed by atoms with Crippen LogP contribution in [0.2, 0.25) is 0 Å². The van der Waals surface area contributed by atoms with Gasteiger partial charge in [0, 0.05) is 36.1 Å². The largest absolute Gasteiger partial charge is 0.443 e. The fourth-order valence-corrected chi connectivity index (χ4v) is 3.63. The van der Waals surface area contributed by atoms with E-state index in [1.54, 1.807) is 19.9 Å². The van der Waals surface area contributed by atoms with E-state index in [0.29, 0.717) is 18.5 Å². The summed E-state index contributed by atoms with van der Waals surface area (Å²) < 4.78 is 60.1. The van der Waals surface area contributed by atoms with Crippen LogP contribution in [-0.2, 0) is 10.9 Å². The molecule has 3 atom stereocenters. The summed E-state index contributed by atoms with van der Waals surface area (Å²) in [5, 5.41) is 12.2. The first-order chi connectivity index (χ1) is 15.1. The molecule has 1 aliphatic carbocycles. The van der Waals surface area contributed by atoms with Gasteiger partial charge in [0.25, 0.3) is 0 Å². The van der Waals surface area contributed by atoms with Crippen molar-refractivity contribution in [2.24, 2.45) is 0 Å². The van der Waals surface area contributed by atoms with Gasteiger partial charge >= 0.3 is 12.3 Å². The number of aromatic nitrogens is 5. The van der Waals surface area contributed by atoms with Crippen molar-refractivity contribution in [1.82, 2.24) is 29.9 Å². The van der Waals surface area contributed by atoms with Crippen LogP contribution in [0.4, 0.5) is 34.1 Å². The lowest BCUT2D eigenvalue weighted by atomic mass is 10.0. The van der Waals surface area contributed by atoms with Gasteiger partial charge in [0.2, 0.25) is 5.95 Å². The molecule has 0 aliphatic heterocycles. The Kier molecular flexibility index (Phi) is 5.65. The van der Waals surface area contributed by atoms with E-state index in [0.717, 1.165) is 10.6 Å². The summed E-state index contributed by atoms with van der Waals surface area (Å²) in [7, 11) is 0. The van der Waals surface area contributed by atoms with E-state index in [1.807, 2.05) is 0 Å². The van der Waals surface area contributed by atoms with Crippen molar-refractivity contribution in [1.29, 1.82) is 0 Å². The lowest BCUT2D eigenvalue weighted by molar-refractivity contribution is -0.140. The number of carbonyl (C=O) groups excluding carboxylic acids is 1. The Labute approximate surface area is 179 Å². The first-order valence-corrected chi connectivity index (χ1v) is 9.96.